The molecule has 2 N–H and O–H groups in total. The Bertz CT molecular complexity index is 662. The minimum atomic E-state index is -0.942. The fourth-order valence-electron chi connectivity index (χ4n) is 1.88. The predicted octanol–water partition coefficient (Wildman–Crippen LogP) is 3.78. The third kappa shape index (κ3) is 3.36. The zero-order valence-corrected chi connectivity index (χ0v) is 12.7. The van der Waals surface area contributed by atoms with E-state index < -0.39 is 11.4 Å². The number of methoxy groups -OCH3 is 1. The Balaban J connectivity index is 2.37. The average Bonchev–Trinajstić information content (AvgIpc) is 2.42. The van der Waals surface area contributed by atoms with Crippen LogP contribution >= 0.6 is 11.6 Å². The van der Waals surface area contributed by atoms with Gasteiger partial charge in [0, 0.05) is 17.8 Å². The molecule has 112 valence electrons. The summed E-state index contributed by atoms with van der Waals surface area (Å²) in [7, 11) is 1.51. The number of anilines is 1. The van der Waals surface area contributed by atoms with Crippen LogP contribution in [0.4, 0.5) is 10.1 Å². The van der Waals surface area contributed by atoms with Crippen LogP contribution in [0.3, 0.4) is 0 Å². The minimum absolute atomic E-state index is 0.0786. The minimum Gasteiger partial charge on any atom is -0.481 e. The molecule has 0 unspecified atom stereocenters. The summed E-state index contributed by atoms with van der Waals surface area (Å²) in [6.45, 7) is 3.49. The highest BCUT2D eigenvalue weighted by Gasteiger charge is 2.29. The van der Waals surface area contributed by atoms with Gasteiger partial charge in [0.1, 0.15) is 11.3 Å². The Morgan fingerprint density at radius 1 is 1.24 bits per heavy atom. The van der Waals surface area contributed by atoms with Crippen molar-refractivity contribution in [1.29, 1.82) is 0 Å². The Labute approximate surface area is 127 Å². The molecule has 0 aliphatic rings. The molecule has 0 saturated carbocycles. The van der Waals surface area contributed by atoms with Crippen molar-refractivity contribution in [3.05, 3.63) is 46.9 Å². The highest BCUT2D eigenvalue weighted by molar-refractivity contribution is 6.31. The number of benzene rings is 1. The van der Waals surface area contributed by atoms with E-state index in [4.69, 9.17) is 26.8 Å². The van der Waals surface area contributed by atoms with Crippen LogP contribution in [-0.4, -0.2) is 12.1 Å². The summed E-state index contributed by atoms with van der Waals surface area (Å²) in [5, 5.41) is 0.414. The van der Waals surface area contributed by atoms with E-state index in [1.807, 2.05) is 0 Å². The molecular weight excluding hydrogens is 295 g/mol. The van der Waals surface area contributed by atoms with Gasteiger partial charge in [-0.2, -0.15) is 0 Å². The van der Waals surface area contributed by atoms with E-state index in [0.717, 1.165) is 0 Å². The molecule has 0 aliphatic heterocycles. The van der Waals surface area contributed by atoms with Crippen molar-refractivity contribution in [2.75, 3.05) is 12.8 Å². The van der Waals surface area contributed by atoms with Gasteiger partial charge in [-0.05, 0) is 32.0 Å². The van der Waals surface area contributed by atoms with Crippen molar-refractivity contribution in [2.45, 2.75) is 19.4 Å². The molecule has 2 aromatic rings. The topological polar surface area (TPSA) is 57.4 Å². The number of hydrogen-bond donors (Lipinski definition) is 1. The maximum absolute atomic E-state index is 13.9. The van der Waals surface area contributed by atoms with Crippen molar-refractivity contribution < 1.29 is 13.9 Å². The summed E-state index contributed by atoms with van der Waals surface area (Å²) in [6.07, 6.45) is 0. The van der Waals surface area contributed by atoms with E-state index in [1.165, 1.54) is 19.2 Å². The quantitative estimate of drug-likeness (QED) is 0.873. The van der Waals surface area contributed by atoms with Gasteiger partial charge in [-0.15, -0.1) is 0 Å². The Hall–Kier alpha value is -2.01. The summed E-state index contributed by atoms with van der Waals surface area (Å²) in [5.41, 5.74) is 5.36. The number of ether oxygens (including phenoxy) is 2. The smallest absolute Gasteiger partial charge is 0.213 e. The van der Waals surface area contributed by atoms with E-state index in [-0.39, 0.29) is 5.75 Å². The molecular formula is C15H16ClFN2O2. The molecule has 0 radical (unpaired) electrons. The van der Waals surface area contributed by atoms with Crippen molar-refractivity contribution in [1.82, 2.24) is 4.98 Å². The van der Waals surface area contributed by atoms with Gasteiger partial charge in [0.05, 0.1) is 12.1 Å². The molecule has 0 bridgehead atoms. The standard InChI is InChI=1S/C15H16ClFN2O2/c1-15(2,14-10(16)5-7-13(19-14)20-3)21-12-6-4-9(18)8-11(12)17/h4-8H,18H2,1-3H3. The molecule has 0 spiro atoms. The third-order valence-corrected chi connectivity index (χ3v) is 3.23. The Morgan fingerprint density at radius 2 is 1.95 bits per heavy atom. The van der Waals surface area contributed by atoms with Crippen LogP contribution in [0.15, 0.2) is 30.3 Å². The van der Waals surface area contributed by atoms with Crippen molar-refractivity contribution in [2.24, 2.45) is 0 Å². The van der Waals surface area contributed by atoms with Gasteiger partial charge in [-0.25, -0.2) is 9.37 Å². The number of nitrogens with zero attached hydrogens (tertiary/aromatic N) is 1. The number of pyridine rings is 1. The normalized spacial score (nSPS) is 11.3. The molecule has 0 atom stereocenters. The first-order valence-electron chi connectivity index (χ1n) is 6.28. The van der Waals surface area contributed by atoms with Crippen LogP contribution in [0.5, 0.6) is 11.6 Å². The van der Waals surface area contributed by atoms with Crippen molar-refractivity contribution in [3.8, 4) is 11.6 Å². The summed E-state index contributed by atoms with van der Waals surface area (Å²) in [5.74, 6) is -0.0548. The van der Waals surface area contributed by atoms with Gasteiger partial charge < -0.3 is 15.2 Å². The summed E-state index contributed by atoms with van der Waals surface area (Å²) >= 11 is 6.16. The third-order valence-electron chi connectivity index (χ3n) is 2.92. The lowest BCUT2D eigenvalue weighted by Gasteiger charge is -2.27. The monoisotopic (exact) mass is 310 g/mol. The van der Waals surface area contributed by atoms with Crippen LogP contribution in [0.25, 0.3) is 0 Å². The SMILES string of the molecule is COc1ccc(Cl)c(C(C)(C)Oc2ccc(N)cc2F)n1. The van der Waals surface area contributed by atoms with Gasteiger partial charge in [0.15, 0.2) is 11.6 Å². The van der Waals surface area contributed by atoms with Crippen LogP contribution in [0, 0.1) is 5.82 Å². The summed E-state index contributed by atoms with van der Waals surface area (Å²) in [4.78, 5) is 4.28. The molecule has 0 saturated heterocycles. The molecule has 1 aromatic carbocycles. The second-order valence-corrected chi connectivity index (χ2v) is 5.39. The molecule has 1 heterocycles. The maximum atomic E-state index is 13.9. The second kappa shape index (κ2) is 5.77. The van der Waals surface area contributed by atoms with Crippen LogP contribution in [0.2, 0.25) is 5.02 Å². The number of halogens is 2. The fourth-order valence-corrected chi connectivity index (χ4v) is 2.22. The molecule has 6 heteroatoms. The predicted molar refractivity (Wildman–Crippen MR) is 80.3 cm³/mol. The molecule has 4 nitrogen and oxygen atoms in total. The molecule has 0 fully saturated rings. The zero-order valence-electron chi connectivity index (χ0n) is 12.0. The molecule has 0 aliphatic carbocycles. The highest BCUT2D eigenvalue weighted by atomic mass is 35.5. The van der Waals surface area contributed by atoms with Crippen molar-refractivity contribution >= 4 is 17.3 Å². The molecule has 0 amide bonds. The van der Waals surface area contributed by atoms with Crippen LogP contribution in [-0.2, 0) is 5.60 Å². The second-order valence-electron chi connectivity index (χ2n) is 4.99. The Kier molecular flexibility index (Phi) is 4.23. The average molecular weight is 311 g/mol. The molecule has 2 rings (SSSR count). The number of hydrogen-bond acceptors (Lipinski definition) is 4. The fraction of sp³-hybridized carbons (Fsp3) is 0.267. The molecule has 21 heavy (non-hydrogen) atoms. The van der Waals surface area contributed by atoms with E-state index in [0.29, 0.717) is 22.3 Å². The van der Waals surface area contributed by atoms with Gasteiger partial charge in [0.2, 0.25) is 5.88 Å². The van der Waals surface area contributed by atoms with Crippen molar-refractivity contribution in [3.63, 3.8) is 0 Å². The van der Waals surface area contributed by atoms with Gasteiger partial charge >= 0.3 is 0 Å². The number of nitrogen functional groups attached to an aromatic ring is 1. The number of aromatic nitrogens is 1. The first-order chi connectivity index (χ1) is 9.83. The largest absolute Gasteiger partial charge is 0.481 e. The van der Waals surface area contributed by atoms with Gasteiger partial charge in [-0.1, -0.05) is 11.6 Å². The highest BCUT2D eigenvalue weighted by Crippen LogP contribution is 2.33. The van der Waals surface area contributed by atoms with Gasteiger partial charge in [-0.3, -0.25) is 0 Å². The lowest BCUT2D eigenvalue weighted by atomic mass is 10.0. The van der Waals surface area contributed by atoms with Gasteiger partial charge in [0.25, 0.3) is 0 Å². The van der Waals surface area contributed by atoms with E-state index in [1.54, 1.807) is 32.0 Å². The van der Waals surface area contributed by atoms with E-state index >= 15 is 0 Å². The first kappa shape index (κ1) is 15.4. The van der Waals surface area contributed by atoms with E-state index in [9.17, 15) is 4.39 Å². The number of rotatable bonds is 4. The Morgan fingerprint density at radius 3 is 2.57 bits per heavy atom. The summed E-state index contributed by atoms with van der Waals surface area (Å²) < 4.78 is 24.7. The van der Waals surface area contributed by atoms with Crippen LogP contribution in [0.1, 0.15) is 19.5 Å². The molecule has 1 aromatic heterocycles. The lowest BCUT2D eigenvalue weighted by Crippen LogP contribution is -2.27. The number of nitrogens with two attached hydrogens (primary N) is 1. The lowest BCUT2D eigenvalue weighted by molar-refractivity contribution is 0.0973. The first-order valence-corrected chi connectivity index (χ1v) is 6.66. The van der Waals surface area contributed by atoms with E-state index in [2.05, 4.69) is 4.98 Å². The summed E-state index contributed by atoms with van der Waals surface area (Å²) in [6, 6.07) is 7.54. The maximum Gasteiger partial charge on any atom is 0.213 e. The zero-order chi connectivity index (χ0) is 15.6. The van der Waals surface area contributed by atoms with Crippen LogP contribution < -0.4 is 15.2 Å².